The summed E-state index contributed by atoms with van der Waals surface area (Å²) in [7, 11) is 0. The van der Waals surface area contributed by atoms with Gasteiger partial charge < -0.3 is 69.9 Å². The number of rotatable bonds is 7. The summed E-state index contributed by atoms with van der Waals surface area (Å²) < 4.78 is 29.3. The van der Waals surface area contributed by atoms with Gasteiger partial charge in [-0.25, -0.2) is 0 Å². The predicted molar refractivity (Wildman–Crippen MR) is 129 cm³/mol. The molecule has 39 heavy (non-hydrogen) atoms. The average Bonchev–Trinajstić information content (AvgIpc) is 2.86. The largest absolute Gasteiger partial charge is 0.394 e. The van der Waals surface area contributed by atoms with Gasteiger partial charge in [-0.1, -0.05) is 20.8 Å². The lowest BCUT2D eigenvalue weighted by molar-refractivity contribution is -0.364. The Kier molecular flexibility index (Phi) is 10.7. The van der Waals surface area contributed by atoms with Gasteiger partial charge in [0.1, 0.15) is 61.0 Å². The van der Waals surface area contributed by atoms with Crippen molar-refractivity contribution in [3.63, 3.8) is 0 Å². The Hall–Kier alpha value is -1.05. The van der Waals surface area contributed by atoms with Crippen molar-refractivity contribution in [2.75, 3.05) is 13.2 Å². The lowest BCUT2D eigenvalue weighted by Crippen LogP contribution is -2.71. The van der Waals surface area contributed by atoms with Crippen molar-refractivity contribution in [1.29, 1.82) is 0 Å². The van der Waals surface area contributed by atoms with Crippen LogP contribution >= 0.6 is 0 Å². The predicted octanol–water partition coefficient (Wildman–Crippen LogP) is -4.31. The highest BCUT2D eigenvalue weighted by Crippen LogP contribution is 2.38. The van der Waals surface area contributed by atoms with Crippen LogP contribution in [0.25, 0.3) is 0 Å². The van der Waals surface area contributed by atoms with Crippen molar-refractivity contribution in [2.24, 2.45) is 5.41 Å². The summed E-state index contributed by atoms with van der Waals surface area (Å²) in [5.74, 6) is -0.477. The molecule has 0 spiro atoms. The molecule has 3 aliphatic rings. The minimum Gasteiger partial charge on any atom is -0.394 e. The van der Waals surface area contributed by atoms with Gasteiger partial charge >= 0.3 is 0 Å². The smallest absolute Gasteiger partial charge is 0.217 e. The molecule has 3 aliphatic heterocycles. The van der Waals surface area contributed by atoms with E-state index < -0.39 is 116 Å². The molecule has 0 aromatic carbocycles. The second kappa shape index (κ2) is 12.9. The maximum absolute atomic E-state index is 12.3. The Balaban J connectivity index is 2.02. The van der Waals surface area contributed by atoms with E-state index in [2.05, 4.69) is 5.32 Å². The average molecular weight is 570 g/mol. The molecular weight excluding hydrogens is 526 g/mol. The van der Waals surface area contributed by atoms with Crippen LogP contribution in [0.4, 0.5) is 0 Å². The van der Waals surface area contributed by atoms with Crippen LogP contribution in [-0.2, 0) is 28.5 Å². The summed E-state index contributed by atoms with van der Waals surface area (Å²) in [5, 5.41) is 84.6. The normalized spacial score (nSPS) is 47.6. The van der Waals surface area contributed by atoms with Crippen LogP contribution in [0.15, 0.2) is 0 Å². The minimum absolute atomic E-state index is 0.477. The van der Waals surface area contributed by atoms with Crippen LogP contribution in [0.5, 0.6) is 0 Å². The highest BCUT2D eigenvalue weighted by atomic mass is 16.7. The van der Waals surface area contributed by atoms with Gasteiger partial charge in [0.15, 0.2) is 12.6 Å². The Bertz CT molecular complexity index is 810. The van der Waals surface area contributed by atoms with Gasteiger partial charge in [0, 0.05) is 6.92 Å². The van der Waals surface area contributed by atoms with Crippen molar-refractivity contribution in [1.82, 2.24) is 5.32 Å². The topological polar surface area (TPSA) is 237 Å². The summed E-state index contributed by atoms with van der Waals surface area (Å²) in [6.45, 7) is 6.85. The molecule has 3 heterocycles. The first kappa shape index (κ1) is 32.5. The van der Waals surface area contributed by atoms with Crippen molar-refractivity contribution in [2.45, 2.75) is 126 Å². The van der Waals surface area contributed by atoms with Gasteiger partial charge in [0.2, 0.25) is 5.91 Å². The van der Waals surface area contributed by atoms with Crippen LogP contribution in [0.3, 0.4) is 0 Å². The van der Waals surface area contributed by atoms with E-state index in [1.807, 2.05) is 20.8 Å². The highest BCUT2D eigenvalue weighted by Gasteiger charge is 2.56. The van der Waals surface area contributed by atoms with Gasteiger partial charge in [-0.2, -0.15) is 0 Å². The van der Waals surface area contributed by atoms with E-state index in [0.29, 0.717) is 0 Å². The second-order valence-corrected chi connectivity index (χ2v) is 11.5. The molecule has 3 fully saturated rings. The zero-order valence-corrected chi connectivity index (χ0v) is 22.6. The fourth-order valence-corrected chi connectivity index (χ4v) is 5.16. The molecular formula is C24H43NO14. The van der Waals surface area contributed by atoms with E-state index in [9.17, 15) is 45.6 Å². The summed E-state index contributed by atoms with van der Waals surface area (Å²) in [6, 6.07) is -1.00. The first-order valence-corrected chi connectivity index (χ1v) is 13.0. The number of carbonyl (C=O) groups excluding carboxylic acids is 1. The van der Waals surface area contributed by atoms with Gasteiger partial charge in [-0.15, -0.1) is 0 Å². The van der Waals surface area contributed by atoms with Crippen LogP contribution in [0, 0.1) is 5.41 Å². The molecule has 9 N–H and O–H groups in total. The monoisotopic (exact) mass is 569 g/mol. The first-order chi connectivity index (χ1) is 18.1. The molecule has 1 amide bonds. The molecule has 0 aliphatic carbocycles. The summed E-state index contributed by atoms with van der Waals surface area (Å²) >= 11 is 0. The van der Waals surface area contributed by atoms with Gasteiger partial charge in [0.25, 0.3) is 0 Å². The number of nitrogens with one attached hydrogen (secondary N) is 1. The number of amides is 1. The number of hydrogen-bond acceptors (Lipinski definition) is 14. The van der Waals surface area contributed by atoms with Gasteiger partial charge in [-0.05, 0) is 12.3 Å². The van der Waals surface area contributed by atoms with Gasteiger partial charge in [0.05, 0.1) is 31.5 Å². The molecule has 15 unspecified atom stereocenters. The van der Waals surface area contributed by atoms with Crippen molar-refractivity contribution < 1.29 is 69.3 Å². The Labute approximate surface area is 226 Å². The lowest BCUT2D eigenvalue weighted by atomic mass is 9.78. The molecule has 3 saturated heterocycles. The summed E-state index contributed by atoms with van der Waals surface area (Å²) in [6.07, 6.45) is -20.0. The lowest BCUT2D eigenvalue weighted by Gasteiger charge is -2.52. The maximum atomic E-state index is 12.3. The molecule has 228 valence electrons. The quantitative estimate of drug-likeness (QED) is 0.141. The number of ether oxygens (including phenoxy) is 5. The highest BCUT2D eigenvalue weighted by molar-refractivity contribution is 5.73. The van der Waals surface area contributed by atoms with E-state index in [1.165, 1.54) is 13.8 Å². The van der Waals surface area contributed by atoms with E-state index in [-0.39, 0.29) is 0 Å². The van der Waals surface area contributed by atoms with E-state index in [4.69, 9.17) is 23.7 Å². The third kappa shape index (κ3) is 6.89. The first-order valence-electron chi connectivity index (χ1n) is 13.0. The number of carbonyl (C=O) groups is 1. The number of aliphatic hydroxyl groups excluding tert-OH is 8. The summed E-state index contributed by atoms with van der Waals surface area (Å²) in [5.41, 5.74) is -0.648. The molecule has 0 aromatic rings. The minimum atomic E-state index is -1.80. The Morgan fingerprint density at radius 1 is 0.744 bits per heavy atom. The van der Waals surface area contributed by atoms with Crippen molar-refractivity contribution in [3.8, 4) is 0 Å². The molecule has 15 atom stereocenters. The molecule has 0 radical (unpaired) electrons. The third-order valence-electron chi connectivity index (χ3n) is 7.33. The van der Waals surface area contributed by atoms with Crippen LogP contribution in [-0.4, -0.2) is 152 Å². The zero-order valence-electron chi connectivity index (χ0n) is 22.6. The molecule has 0 aromatic heterocycles. The fraction of sp³-hybridized carbons (Fsp3) is 0.958. The third-order valence-corrected chi connectivity index (χ3v) is 7.33. The van der Waals surface area contributed by atoms with E-state index >= 15 is 0 Å². The molecule has 3 rings (SSSR count). The molecule has 15 heteroatoms. The molecule has 0 saturated carbocycles. The Morgan fingerprint density at radius 2 is 1.26 bits per heavy atom. The second-order valence-electron chi connectivity index (χ2n) is 11.5. The van der Waals surface area contributed by atoms with Gasteiger partial charge in [-0.3, -0.25) is 4.79 Å². The number of hydrogen-bond donors (Lipinski definition) is 9. The van der Waals surface area contributed by atoms with Crippen LogP contribution < -0.4 is 5.32 Å². The number of aliphatic hydroxyl groups is 8. The van der Waals surface area contributed by atoms with Crippen LogP contribution in [0.2, 0.25) is 0 Å². The summed E-state index contributed by atoms with van der Waals surface area (Å²) in [4.78, 5) is 12.3. The molecule has 0 bridgehead atoms. The standard InChI is InChI=1S/C24H43NO14/c1-8-13(29)15(31)17(33)22(35-8)39-20-12(25-9(2)28)21(24(3,4)5)36-11(7-27)19(20)38-23-18(34)16(32)14(30)10(6-26)37-23/h8,10-23,26-27,29-34H,6-7H2,1-5H3,(H,25,28). The SMILES string of the molecule is CC(=O)NC1C(OC2OC(C)C(O)C(O)C2O)C(OC2OC(CO)C(O)C(O)C2O)C(CO)OC1C(C)(C)C. The Morgan fingerprint density at radius 3 is 1.77 bits per heavy atom. The maximum Gasteiger partial charge on any atom is 0.217 e. The van der Waals surface area contributed by atoms with E-state index in [1.54, 1.807) is 0 Å². The van der Waals surface area contributed by atoms with Crippen molar-refractivity contribution >= 4 is 5.91 Å². The fourth-order valence-electron chi connectivity index (χ4n) is 5.16. The van der Waals surface area contributed by atoms with E-state index in [0.717, 1.165) is 0 Å². The van der Waals surface area contributed by atoms with Crippen molar-refractivity contribution in [3.05, 3.63) is 0 Å². The molecule has 15 nitrogen and oxygen atoms in total. The van der Waals surface area contributed by atoms with Crippen LogP contribution in [0.1, 0.15) is 34.6 Å². The zero-order chi connectivity index (χ0) is 29.4.